The van der Waals surface area contributed by atoms with Crippen LogP contribution in [0.2, 0.25) is 10.1 Å². The van der Waals surface area contributed by atoms with Crippen LogP contribution in [-0.2, 0) is 25.3 Å². The average molecular weight is 684 g/mol. The summed E-state index contributed by atoms with van der Waals surface area (Å²) in [4.78, 5) is 27.5. The monoisotopic (exact) mass is 683 g/mol. The van der Waals surface area contributed by atoms with Crippen LogP contribution in [-0.4, -0.2) is 44.5 Å². The first-order chi connectivity index (χ1) is 22.8. The third kappa shape index (κ3) is 10.00. The highest BCUT2D eigenvalue weighted by molar-refractivity contribution is 6.99. The molecule has 48 heavy (non-hydrogen) atoms. The summed E-state index contributed by atoms with van der Waals surface area (Å²) in [7, 11) is -3.04. The molecule has 4 rings (SSSR count). The molecule has 1 N–H and O–H groups in total. The van der Waals surface area contributed by atoms with E-state index in [2.05, 4.69) is 50.4 Å². The van der Waals surface area contributed by atoms with Crippen LogP contribution in [0.4, 0.5) is 4.79 Å². The van der Waals surface area contributed by atoms with Crippen molar-refractivity contribution >= 4 is 48.2 Å². The number of hydrogen-bond acceptors (Lipinski definition) is 5. The first kappa shape index (κ1) is 36.8. The van der Waals surface area contributed by atoms with Gasteiger partial charge in [-0.25, -0.2) is 4.79 Å². The largest absolute Gasteiger partial charge is 0.444 e. The van der Waals surface area contributed by atoms with E-state index in [9.17, 15) is 9.59 Å². The Hall–Kier alpha value is -4.01. The van der Waals surface area contributed by atoms with Crippen molar-refractivity contribution in [1.29, 1.82) is 0 Å². The molecule has 2 atom stereocenters. The molecule has 0 heterocycles. The zero-order valence-electron chi connectivity index (χ0n) is 28.6. The van der Waals surface area contributed by atoms with Gasteiger partial charge in [-0.15, -0.1) is 0 Å². The summed E-state index contributed by atoms with van der Waals surface area (Å²) in [6.45, 7) is 12.1. The van der Waals surface area contributed by atoms with Crippen molar-refractivity contribution in [3.05, 3.63) is 137 Å². The lowest BCUT2D eigenvalue weighted by molar-refractivity contribution is -0.129. The minimum absolute atomic E-state index is 0.00744. The lowest BCUT2D eigenvalue weighted by Crippen LogP contribution is -2.68. The molecule has 1 amide bonds. The predicted molar refractivity (Wildman–Crippen MR) is 197 cm³/mol. The Balaban J connectivity index is 1.78. The quantitative estimate of drug-likeness (QED) is 0.114. The molecular weight excluding hydrogens is 638 g/mol. The lowest BCUT2D eigenvalue weighted by atomic mass is 10.1. The summed E-state index contributed by atoms with van der Waals surface area (Å²) in [6.07, 6.45) is 1.43. The second kappa shape index (κ2) is 16.4. The van der Waals surface area contributed by atoms with E-state index in [1.54, 1.807) is 39.0 Å². The van der Waals surface area contributed by atoms with Crippen LogP contribution < -0.4 is 15.7 Å². The predicted octanol–water partition coefficient (Wildman–Crippen LogP) is 7.98. The Morgan fingerprint density at radius 3 is 1.79 bits per heavy atom. The van der Waals surface area contributed by atoms with Gasteiger partial charge in [0.25, 0.3) is 8.32 Å². The van der Waals surface area contributed by atoms with E-state index >= 15 is 0 Å². The van der Waals surface area contributed by atoms with E-state index in [0.717, 1.165) is 21.5 Å². The van der Waals surface area contributed by atoms with Gasteiger partial charge in [0.05, 0.1) is 19.3 Å². The summed E-state index contributed by atoms with van der Waals surface area (Å²) >= 11 is 6.08. The fourth-order valence-electron chi connectivity index (χ4n) is 5.64. The molecule has 4 aromatic rings. The number of carbonyl (C=O) groups is 2. The van der Waals surface area contributed by atoms with Gasteiger partial charge >= 0.3 is 6.09 Å². The number of rotatable bonds is 13. The summed E-state index contributed by atoms with van der Waals surface area (Å²) < 4.78 is 19.3. The van der Waals surface area contributed by atoms with Crippen LogP contribution in [0.5, 0.6) is 0 Å². The molecule has 0 radical (unpaired) electrons. The topological polar surface area (TPSA) is 73.9 Å². The highest BCUT2D eigenvalue weighted by Crippen LogP contribution is 2.37. The van der Waals surface area contributed by atoms with Crippen molar-refractivity contribution in [3.63, 3.8) is 0 Å². The zero-order valence-corrected chi connectivity index (χ0v) is 30.4. The number of ketones is 1. The van der Waals surface area contributed by atoms with Gasteiger partial charge < -0.3 is 19.2 Å². The smallest absolute Gasteiger partial charge is 0.408 e. The maximum absolute atomic E-state index is 14.1. The van der Waals surface area contributed by atoms with Gasteiger partial charge in [-0.2, -0.15) is 0 Å². The molecule has 0 unspecified atom stereocenters. The second-order valence-corrected chi connectivity index (χ2v) is 18.5. The van der Waals surface area contributed by atoms with Crippen molar-refractivity contribution in [2.75, 3.05) is 6.61 Å². The molecular formula is C40H46ClNO5Si. The van der Waals surface area contributed by atoms with Gasteiger partial charge in [-0.1, -0.05) is 142 Å². The molecule has 0 aliphatic heterocycles. The van der Waals surface area contributed by atoms with Crippen molar-refractivity contribution in [2.24, 2.45) is 0 Å². The second-order valence-electron chi connectivity index (χ2n) is 13.7. The molecule has 6 nitrogen and oxygen atoms in total. The van der Waals surface area contributed by atoms with Gasteiger partial charge in [0.15, 0.2) is 5.78 Å². The number of carbonyl (C=O) groups excluding carboxylic acids is 2. The van der Waals surface area contributed by atoms with Crippen molar-refractivity contribution < 1.29 is 23.5 Å². The minimum atomic E-state index is -3.04. The Morgan fingerprint density at radius 1 is 0.771 bits per heavy atom. The van der Waals surface area contributed by atoms with E-state index < -0.39 is 32.2 Å². The first-order valence-corrected chi connectivity index (χ1v) is 18.4. The fourth-order valence-corrected chi connectivity index (χ4v) is 10.4. The fraction of sp³-hybridized carbons (Fsp3) is 0.300. The van der Waals surface area contributed by atoms with Crippen molar-refractivity contribution in [1.82, 2.24) is 5.32 Å². The lowest BCUT2D eigenvalue weighted by Gasteiger charge is -2.44. The number of benzene rings is 4. The molecule has 0 bridgehead atoms. The highest BCUT2D eigenvalue weighted by atomic mass is 35.5. The molecule has 0 aliphatic rings. The van der Waals surface area contributed by atoms with Gasteiger partial charge in [0.2, 0.25) is 0 Å². The minimum Gasteiger partial charge on any atom is -0.444 e. The third-order valence-electron chi connectivity index (χ3n) is 7.83. The van der Waals surface area contributed by atoms with E-state index in [1.807, 2.05) is 78.9 Å². The Bertz CT molecular complexity index is 1590. The summed E-state index contributed by atoms with van der Waals surface area (Å²) in [6, 6.07) is 36.3. The highest BCUT2D eigenvalue weighted by Gasteiger charge is 2.51. The van der Waals surface area contributed by atoms with Crippen LogP contribution in [0.1, 0.15) is 52.7 Å². The van der Waals surface area contributed by atoms with Crippen molar-refractivity contribution in [2.45, 2.75) is 70.9 Å². The zero-order chi connectivity index (χ0) is 34.8. The first-order valence-electron chi connectivity index (χ1n) is 16.2. The van der Waals surface area contributed by atoms with E-state index in [1.165, 1.54) is 6.08 Å². The van der Waals surface area contributed by atoms with Gasteiger partial charge in [-0.05, 0) is 65.5 Å². The molecule has 0 spiro atoms. The van der Waals surface area contributed by atoms with Gasteiger partial charge in [0, 0.05) is 5.02 Å². The Kier molecular flexibility index (Phi) is 12.6. The molecule has 8 heteroatoms. The van der Waals surface area contributed by atoms with Crippen LogP contribution in [0, 0.1) is 0 Å². The van der Waals surface area contributed by atoms with Gasteiger partial charge in [0.1, 0.15) is 11.7 Å². The molecule has 0 saturated heterocycles. The molecule has 0 aliphatic carbocycles. The standard InChI is InChI=1S/C40H46ClNO5Si/c1-39(2,3)47-38(44)42-35(29-46-48(40(4,5)6,33-18-12-8-13-19-33)34-20-14-9-15-21-34)37(45-28-31-16-10-7-11-17-31)36(43)27-24-30-22-25-32(41)26-23-30/h7-27,35,37H,28-29H2,1-6H3,(H,42,44)/b27-24+/t35-,37-/m1/s1. The molecule has 0 saturated carbocycles. The number of amides is 1. The van der Waals surface area contributed by atoms with Crippen LogP contribution in [0.25, 0.3) is 6.08 Å². The van der Waals surface area contributed by atoms with Gasteiger partial charge in [-0.3, -0.25) is 4.79 Å². The van der Waals surface area contributed by atoms with Crippen LogP contribution in [0.3, 0.4) is 0 Å². The Morgan fingerprint density at radius 2 is 1.29 bits per heavy atom. The molecule has 4 aromatic carbocycles. The molecule has 0 aromatic heterocycles. The SMILES string of the molecule is CC(C)(C)OC(=O)N[C@H](CO[Si](c1ccccc1)(c1ccccc1)C(C)(C)C)[C@@H](OCc1ccccc1)C(=O)/C=C/c1ccc(Cl)cc1. The van der Waals surface area contributed by atoms with E-state index in [4.69, 9.17) is 25.5 Å². The average Bonchev–Trinajstić information content (AvgIpc) is 3.04. The summed E-state index contributed by atoms with van der Waals surface area (Å²) in [5, 5.41) is 5.39. The number of nitrogens with one attached hydrogen (secondary N) is 1. The summed E-state index contributed by atoms with van der Waals surface area (Å²) in [5.41, 5.74) is 0.933. The number of hydrogen-bond donors (Lipinski definition) is 1. The van der Waals surface area contributed by atoms with E-state index in [0.29, 0.717) is 5.02 Å². The van der Waals surface area contributed by atoms with Crippen LogP contribution in [0.15, 0.2) is 121 Å². The third-order valence-corrected chi connectivity index (χ3v) is 13.1. The summed E-state index contributed by atoms with van der Waals surface area (Å²) in [5.74, 6) is -0.326. The maximum Gasteiger partial charge on any atom is 0.408 e. The van der Waals surface area contributed by atoms with Crippen molar-refractivity contribution in [3.8, 4) is 0 Å². The maximum atomic E-state index is 14.1. The molecule has 252 valence electrons. The van der Waals surface area contributed by atoms with E-state index in [-0.39, 0.29) is 24.0 Å². The molecule has 0 fully saturated rings. The number of halogens is 1. The number of ether oxygens (including phenoxy) is 2. The number of alkyl carbamates (subject to hydrolysis) is 1. The van der Waals surface area contributed by atoms with Crippen LogP contribution >= 0.6 is 11.6 Å². The normalized spacial score (nSPS) is 13.6. The Labute approximate surface area is 291 Å².